The lowest BCUT2D eigenvalue weighted by molar-refractivity contribution is -0.146. The first-order valence-corrected chi connectivity index (χ1v) is 8.17. The van der Waals surface area contributed by atoms with E-state index in [-0.39, 0.29) is 38.1 Å². The number of likely N-dealkylation sites (N-methyl/N-ethyl adjacent to an activating group) is 1. The molecule has 21 heavy (non-hydrogen) atoms. The molecule has 0 aromatic heterocycles. The molecular formula is C12H22N2O6S. The first-order chi connectivity index (χ1) is 9.82. The molecule has 1 fully saturated rings. The van der Waals surface area contributed by atoms with E-state index in [2.05, 4.69) is 4.74 Å². The summed E-state index contributed by atoms with van der Waals surface area (Å²) in [5.41, 5.74) is 0. The number of nitrogens with zero attached hydrogens (tertiary/aromatic N) is 2. The zero-order chi connectivity index (χ0) is 16.0. The maximum absolute atomic E-state index is 12.3. The van der Waals surface area contributed by atoms with Crippen LogP contribution in [0.3, 0.4) is 0 Å². The molecular weight excluding hydrogens is 300 g/mol. The van der Waals surface area contributed by atoms with E-state index in [1.807, 2.05) is 0 Å². The smallest absolute Gasteiger partial charge is 0.321 e. The largest absolute Gasteiger partial charge is 0.469 e. The fourth-order valence-electron chi connectivity index (χ4n) is 2.16. The van der Waals surface area contributed by atoms with Gasteiger partial charge in [-0.3, -0.25) is 9.59 Å². The van der Waals surface area contributed by atoms with E-state index < -0.39 is 16.2 Å². The lowest BCUT2D eigenvalue weighted by atomic mass is 9.99. The van der Waals surface area contributed by atoms with Crippen molar-refractivity contribution in [3.8, 4) is 0 Å². The summed E-state index contributed by atoms with van der Waals surface area (Å²) in [6.45, 7) is 2.00. The molecule has 0 amide bonds. The normalized spacial score (nSPS) is 17.7. The van der Waals surface area contributed by atoms with Gasteiger partial charge in [-0.1, -0.05) is 0 Å². The van der Waals surface area contributed by atoms with Gasteiger partial charge in [0.1, 0.15) is 6.54 Å². The van der Waals surface area contributed by atoms with E-state index in [1.165, 1.54) is 18.5 Å². The highest BCUT2D eigenvalue weighted by atomic mass is 32.2. The van der Waals surface area contributed by atoms with Gasteiger partial charge in [0.15, 0.2) is 0 Å². The Balaban J connectivity index is 2.60. The maximum Gasteiger partial charge on any atom is 0.321 e. The zero-order valence-electron chi connectivity index (χ0n) is 12.6. The molecule has 0 bridgehead atoms. The third-order valence-corrected chi connectivity index (χ3v) is 5.30. The summed E-state index contributed by atoms with van der Waals surface area (Å²) < 4.78 is 36.2. The van der Waals surface area contributed by atoms with Crippen LogP contribution >= 0.6 is 0 Å². The molecule has 0 aliphatic carbocycles. The lowest BCUT2D eigenvalue weighted by Gasteiger charge is -2.32. The van der Waals surface area contributed by atoms with Crippen molar-refractivity contribution in [1.29, 1.82) is 0 Å². The van der Waals surface area contributed by atoms with Crippen LogP contribution in [0.5, 0.6) is 0 Å². The van der Waals surface area contributed by atoms with Crippen molar-refractivity contribution in [2.45, 2.75) is 19.8 Å². The molecule has 1 saturated heterocycles. The van der Waals surface area contributed by atoms with Gasteiger partial charge >= 0.3 is 11.9 Å². The molecule has 9 heteroatoms. The van der Waals surface area contributed by atoms with E-state index in [0.29, 0.717) is 12.8 Å². The topological polar surface area (TPSA) is 93.2 Å². The van der Waals surface area contributed by atoms with Gasteiger partial charge in [0, 0.05) is 20.1 Å². The number of esters is 2. The third kappa shape index (κ3) is 4.65. The Morgan fingerprint density at radius 1 is 1.29 bits per heavy atom. The van der Waals surface area contributed by atoms with Crippen LogP contribution in [-0.4, -0.2) is 69.4 Å². The Labute approximate surface area is 125 Å². The van der Waals surface area contributed by atoms with Crippen molar-refractivity contribution in [1.82, 2.24) is 8.61 Å². The van der Waals surface area contributed by atoms with Crippen molar-refractivity contribution in [3.05, 3.63) is 0 Å². The molecule has 0 atom stereocenters. The quantitative estimate of drug-likeness (QED) is 0.618. The SMILES string of the molecule is CCOC(=O)CN(C)S(=O)(=O)N1CCC(C(=O)OC)CC1. The Morgan fingerprint density at radius 2 is 1.86 bits per heavy atom. The second-order valence-corrected chi connectivity index (χ2v) is 6.80. The van der Waals surface area contributed by atoms with Gasteiger partial charge in [-0.25, -0.2) is 0 Å². The van der Waals surface area contributed by atoms with Crippen LogP contribution in [-0.2, 0) is 29.3 Å². The highest BCUT2D eigenvalue weighted by Gasteiger charge is 2.34. The molecule has 1 heterocycles. The predicted molar refractivity (Wildman–Crippen MR) is 74.5 cm³/mol. The van der Waals surface area contributed by atoms with Crippen LogP contribution in [0.2, 0.25) is 0 Å². The number of carbonyl (C=O) groups excluding carboxylic acids is 2. The van der Waals surface area contributed by atoms with Crippen LogP contribution in [0.4, 0.5) is 0 Å². The highest BCUT2D eigenvalue weighted by molar-refractivity contribution is 7.86. The van der Waals surface area contributed by atoms with Crippen LogP contribution in [0.15, 0.2) is 0 Å². The van der Waals surface area contributed by atoms with E-state index in [4.69, 9.17) is 4.74 Å². The standard InChI is InChI=1S/C12H22N2O6S/c1-4-20-11(15)9-13(2)21(17,18)14-7-5-10(6-8-14)12(16)19-3/h10H,4-9H2,1-3H3. The minimum Gasteiger partial charge on any atom is -0.469 e. The summed E-state index contributed by atoms with van der Waals surface area (Å²) in [6.07, 6.45) is 0.832. The Kier molecular flexibility index (Phi) is 6.56. The predicted octanol–water partition coefficient (Wildman–Crippen LogP) is -0.389. The summed E-state index contributed by atoms with van der Waals surface area (Å²) in [5, 5.41) is 0. The number of hydrogen-bond acceptors (Lipinski definition) is 6. The average Bonchev–Trinajstić information content (AvgIpc) is 2.46. The third-order valence-electron chi connectivity index (χ3n) is 3.37. The average molecular weight is 322 g/mol. The number of carbonyl (C=O) groups is 2. The number of methoxy groups -OCH3 is 1. The van der Waals surface area contributed by atoms with Gasteiger partial charge < -0.3 is 9.47 Å². The van der Waals surface area contributed by atoms with Crippen LogP contribution in [0.25, 0.3) is 0 Å². The molecule has 0 radical (unpaired) electrons. The van der Waals surface area contributed by atoms with Crippen molar-refractivity contribution < 1.29 is 27.5 Å². The number of piperidine rings is 1. The summed E-state index contributed by atoms with van der Waals surface area (Å²) in [7, 11) is -1.07. The second-order valence-electron chi connectivity index (χ2n) is 4.77. The van der Waals surface area contributed by atoms with Crippen molar-refractivity contribution in [2.24, 2.45) is 5.92 Å². The Bertz CT molecular complexity index is 470. The zero-order valence-corrected chi connectivity index (χ0v) is 13.4. The number of rotatable bonds is 6. The molecule has 0 aromatic carbocycles. The highest BCUT2D eigenvalue weighted by Crippen LogP contribution is 2.21. The minimum atomic E-state index is -3.72. The molecule has 1 aliphatic rings. The number of hydrogen-bond donors (Lipinski definition) is 0. The van der Waals surface area contributed by atoms with Gasteiger partial charge in [0.25, 0.3) is 10.2 Å². The molecule has 0 aromatic rings. The molecule has 122 valence electrons. The van der Waals surface area contributed by atoms with Crippen LogP contribution in [0.1, 0.15) is 19.8 Å². The molecule has 1 aliphatic heterocycles. The summed E-state index contributed by atoms with van der Waals surface area (Å²) in [4.78, 5) is 22.8. The second kappa shape index (κ2) is 7.71. The van der Waals surface area contributed by atoms with Gasteiger partial charge in [-0.2, -0.15) is 17.0 Å². The van der Waals surface area contributed by atoms with Crippen LogP contribution in [0, 0.1) is 5.92 Å². The summed E-state index contributed by atoms with van der Waals surface area (Å²) >= 11 is 0. The lowest BCUT2D eigenvalue weighted by Crippen LogP contribution is -2.48. The van der Waals surface area contributed by atoms with Gasteiger partial charge in [0.2, 0.25) is 0 Å². The monoisotopic (exact) mass is 322 g/mol. The number of ether oxygens (including phenoxy) is 2. The van der Waals surface area contributed by atoms with E-state index in [9.17, 15) is 18.0 Å². The fourth-order valence-corrected chi connectivity index (χ4v) is 3.49. The first-order valence-electron chi connectivity index (χ1n) is 6.77. The molecule has 1 rings (SSSR count). The minimum absolute atomic E-state index is 0.206. The Morgan fingerprint density at radius 3 is 2.33 bits per heavy atom. The first kappa shape index (κ1) is 17.9. The van der Waals surface area contributed by atoms with E-state index >= 15 is 0 Å². The Hall–Kier alpha value is -1.19. The molecule has 0 spiro atoms. The van der Waals surface area contributed by atoms with Crippen molar-refractivity contribution >= 4 is 22.1 Å². The summed E-state index contributed by atoms with van der Waals surface area (Å²) in [6, 6.07) is 0. The molecule has 0 saturated carbocycles. The van der Waals surface area contributed by atoms with Gasteiger partial charge in [-0.05, 0) is 19.8 Å². The molecule has 0 N–H and O–H groups in total. The van der Waals surface area contributed by atoms with E-state index in [0.717, 1.165) is 4.31 Å². The molecule has 8 nitrogen and oxygen atoms in total. The van der Waals surface area contributed by atoms with Crippen molar-refractivity contribution in [3.63, 3.8) is 0 Å². The maximum atomic E-state index is 12.3. The van der Waals surface area contributed by atoms with Gasteiger partial charge in [-0.15, -0.1) is 0 Å². The fraction of sp³-hybridized carbons (Fsp3) is 0.833. The van der Waals surface area contributed by atoms with Crippen LogP contribution < -0.4 is 0 Å². The van der Waals surface area contributed by atoms with Gasteiger partial charge in [0.05, 0.1) is 19.6 Å². The summed E-state index contributed by atoms with van der Waals surface area (Å²) in [5.74, 6) is -1.17. The van der Waals surface area contributed by atoms with Crippen molar-refractivity contribution in [2.75, 3.05) is 40.4 Å². The molecule has 0 unspecified atom stereocenters. The van der Waals surface area contributed by atoms with E-state index in [1.54, 1.807) is 6.92 Å².